The lowest BCUT2D eigenvalue weighted by atomic mass is 9.32. The highest BCUT2D eigenvalue weighted by molar-refractivity contribution is 7.26. The third kappa shape index (κ3) is 4.85. The van der Waals surface area contributed by atoms with Crippen molar-refractivity contribution < 1.29 is 0 Å². The van der Waals surface area contributed by atoms with Gasteiger partial charge in [-0.2, -0.15) is 0 Å². The van der Waals surface area contributed by atoms with Crippen molar-refractivity contribution in [2.24, 2.45) is 0 Å². The summed E-state index contributed by atoms with van der Waals surface area (Å²) in [4.78, 5) is 0. The molecule has 1 aromatic heterocycles. The Bertz CT molecular complexity index is 3060. The first-order valence-corrected chi connectivity index (χ1v) is 20.9. The minimum atomic E-state index is -0.0587. The molecule has 2 aliphatic rings. The molecule has 0 unspecified atom stereocenters. The number of aryl methyl sites for hydroxylation is 4. The molecule has 0 saturated heterocycles. The van der Waals surface area contributed by atoms with Crippen LogP contribution in [0.3, 0.4) is 0 Å². The van der Waals surface area contributed by atoms with Crippen LogP contribution in [0.1, 0.15) is 58.4 Å². The van der Waals surface area contributed by atoms with Crippen molar-refractivity contribution in [1.29, 1.82) is 0 Å². The molecule has 2 heteroatoms. The fourth-order valence-electron chi connectivity index (χ4n) is 10.8. The number of fused-ring (bicyclic) bond motifs is 7. The molecule has 0 spiro atoms. The van der Waals surface area contributed by atoms with E-state index in [0.29, 0.717) is 0 Å². The van der Waals surface area contributed by atoms with Gasteiger partial charge in [0.15, 0.2) is 0 Å². The lowest BCUT2D eigenvalue weighted by molar-refractivity contribution is 0.645. The van der Waals surface area contributed by atoms with Gasteiger partial charge in [-0.3, -0.25) is 0 Å². The molecule has 56 heavy (non-hydrogen) atoms. The highest BCUT2D eigenvalue weighted by atomic mass is 32.1. The Balaban J connectivity index is 1.01. The molecule has 9 aromatic rings. The maximum atomic E-state index is 2.51. The van der Waals surface area contributed by atoms with Gasteiger partial charge < -0.3 is 0 Å². The van der Waals surface area contributed by atoms with E-state index in [2.05, 4.69) is 181 Å². The predicted molar refractivity (Wildman–Crippen MR) is 245 cm³/mol. The average molecular weight is 735 g/mol. The summed E-state index contributed by atoms with van der Waals surface area (Å²) in [6, 6.07) is 53.7. The first kappa shape index (κ1) is 33.6. The van der Waals surface area contributed by atoms with Crippen LogP contribution in [0.4, 0.5) is 0 Å². The summed E-state index contributed by atoms with van der Waals surface area (Å²) >= 11 is 1.93. The zero-order chi connectivity index (χ0) is 38.0. The SMILES string of the molecule is Cc1cc(C)c2c(c1)Cc1cc(C)cc(C)c1B2c1ccc2sc3c(-c4ccc(-c5ccc6c7c(cccc57)C(C)(C)c5ccccc5-6)cc4)cccc3c2c1. The molecule has 1 aliphatic heterocycles. The minimum absolute atomic E-state index is 0.0587. The third-order valence-corrected chi connectivity index (χ3v) is 14.4. The quantitative estimate of drug-likeness (QED) is 0.159. The maximum Gasteiger partial charge on any atom is 0.242 e. The molecule has 1 aliphatic carbocycles. The van der Waals surface area contributed by atoms with Gasteiger partial charge in [-0.05, 0) is 112 Å². The van der Waals surface area contributed by atoms with E-state index >= 15 is 0 Å². The van der Waals surface area contributed by atoms with Crippen molar-refractivity contribution >= 4 is 65.4 Å². The zero-order valence-electron chi connectivity index (χ0n) is 33.0. The molecule has 0 radical (unpaired) electrons. The van der Waals surface area contributed by atoms with E-state index < -0.39 is 0 Å². The summed E-state index contributed by atoms with van der Waals surface area (Å²) in [6.07, 6.45) is 1.01. The molecule has 0 bridgehead atoms. The Morgan fingerprint density at radius 1 is 0.500 bits per heavy atom. The molecule has 8 aromatic carbocycles. The highest BCUT2D eigenvalue weighted by Gasteiger charge is 2.35. The van der Waals surface area contributed by atoms with Gasteiger partial charge >= 0.3 is 0 Å². The van der Waals surface area contributed by atoms with Crippen LogP contribution in [0.2, 0.25) is 0 Å². The third-order valence-electron chi connectivity index (χ3n) is 13.2. The number of benzene rings is 8. The Morgan fingerprint density at radius 3 is 1.84 bits per heavy atom. The summed E-state index contributed by atoms with van der Waals surface area (Å²) in [7, 11) is 0. The molecule has 0 fully saturated rings. The molecular weight excluding hydrogens is 691 g/mol. The normalized spacial score (nSPS) is 13.9. The van der Waals surface area contributed by atoms with Gasteiger partial charge in [-0.1, -0.05) is 186 Å². The van der Waals surface area contributed by atoms with Crippen molar-refractivity contribution in [2.45, 2.75) is 53.4 Å². The summed E-state index contributed by atoms with van der Waals surface area (Å²) in [6.45, 7) is 14.1. The molecule has 0 saturated carbocycles. The molecule has 0 amide bonds. The van der Waals surface area contributed by atoms with Gasteiger partial charge in [0.25, 0.3) is 0 Å². The van der Waals surface area contributed by atoms with E-state index in [4.69, 9.17) is 0 Å². The molecule has 0 atom stereocenters. The fraction of sp³-hybridized carbons (Fsp3) is 0.148. The average Bonchev–Trinajstić information content (AvgIpc) is 3.57. The maximum absolute atomic E-state index is 2.51. The van der Waals surface area contributed by atoms with Gasteiger partial charge in [-0.25, -0.2) is 0 Å². The summed E-state index contributed by atoms with van der Waals surface area (Å²) < 4.78 is 2.71. The van der Waals surface area contributed by atoms with Crippen molar-refractivity contribution in [3.8, 4) is 33.4 Å². The lowest BCUT2D eigenvalue weighted by Gasteiger charge is -2.35. The summed E-state index contributed by atoms with van der Waals surface area (Å²) in [5.74, 6) is 0. The Hall–Kier alpha value is -5.70. The van der Waals surface area contributed by atoms with Gasteiger partial charge in [0.1, 0.15) is 0 Å². The van der Waals surface area contributed by atoms with E-state index in [1.807, 2.05) is 11.3 Å². The van der Waals surface area contributed by atoms with E-state index in [9.17, 15) is 0 Å². The Kier molecular flexibility index (Phi) is 7.30. The van der Waals surface area contributed by atoms with Gasteiger partial charge in [0.05, 0.1) is 0 Å². The van der Waals surface area contributed by atoms with E-state index in [0.717, 1.165) is 6.42 Å². The van der Waals surface area contributed by atoms with Crippen molar-refractivity contribution in [3.63, 3.8) is 0 Å². The van der Waals surface area contributed by atoms with Crippen LogP contribution in [-0.2, 0) is 11.8 Å². The predicted octanol–water partition coefficient (Wildman–Crippen LogP) is 12.5. The van der Waals surface area contributed by atoms with Crippen LogP contribution in [0.25, 0.3) is 64.3 Å². The first-order valence-electron chi connectivity index (χ1n) is 20.1. The van der Waals surface area contributed by atoms with Crippen molar-refractivity contribution in [2.75, 3.05) is 0 Å². The van der Waals surface area contributed by atoms with Crippen LogP contribution in [0, 0.1) is 27.7 Å². The molecule has 11 rings (SSSR count). The van der Waals surface area contributed by atoms with Crippen LogP contribution >= 0.6 is 11.3 Å². The van der Waals surface area contributed by atoms with E-state index in [1.54, 1.807) is 0 Å². The second-order valence-corrected chi connectivity index (χ2v) is 18.1. The van der Waals surface area contributed by atoms with Crippen LogP contribution in [0.15, 0.2) is 140 Å². The number of hydrogen-bond donors (Lipinski definition) is 0. The van der Waals surface area contributed by atoms with E-state index in [1.165, 1.54) is 125 Å². The Labute approximate surface area is 334 Å². The van der Waals surface area contributed by atoms with Crippen LogP contribution in [0.5, 0.6) is 0 Å². The van der Waals surface area contributed by atoms with Gasteiger partial charge in [0, 0.05) is 20.2 Å². The Morgan fingerprint density at radius 2 is 1.11 bits per heavy atom. The monoisotopic (exact) mass is 734 g/mol. The fourth-order valence-corrected chi connectivity index (χ4v) is 12.0. The second-order valence-electron chi connectivity index (χ2n) is 17.1. The van der Waals surface area contributed by atoms with Gasteiger partial charge in [0.2, 0.25) is 6.71 Å². The van der Waals surface area contributed by atoms with Crippen molar-refractivity contribution in [3.05, 3.63) is 184 Å². The second kappa shape index (κ2) is 12.2. The smallest absolute Gasteiger partial charge is 0.135 e. The summed E-state index contributed by atoms with van der Waals surface area (Å²) in [5, 5.41) is 5.43. The molecular formula is C54H43BS. The van der Waals surface area contributed by atoms with Crippen LogP contribution < -0.4 is 16.4 Å². The molecule has 0 N–H and O–H groups in total. The number of hydrogen-bond acceptors (Lipinski definition) is 1. The zero-order valence-corrected chi connectivity index (χ0v) is 33.8. The summed E-state index contributed by atoms with van der Waals surface area (Å²) in [5.41, 5.74) is 23.4. The number of thiophene rings is 1. The largest absolute Gasteiger partial charge is 0.242 e. The standard InChI is InChI=1S/C54H43BS/c1-31-25-33(3)51-37(27-31)29-38-28-32(2)26-34(4)52(38)55(51)39-21-24-49-46(30-39)45-14-9-12-41(53(45)56-49)36-19-17-35(18-20-36)40-22-23-44-42-11-7-8-15-47(42)54(5,6)48-16-10-13-43(40)50(44)48/h7-28,30H,29H2,1-6H3. The topological polar surface area (TPSA) is 0 Å². The first-order chi connectivity index (χ1) is 27.2. The number of rotatable bonds is 3. The molecule has 268 valence electrons. The van der Waals surface area contributed by atoms with Gasteiger partial charge in [-0.15, -0.1) is 11.3 Å². The molecule has 2 heterocycles. The van der Waals surface area contributed by atoms with Crippen LogP contribution in [-0.4, -0.2) is 6.71 Å². The van der Waals surface area contributed by atoms with E-state index in [-0.39, 0.29) is 12.1 Å². The molecule has 0 nitrogen and oxygen atoms in total. The highest BCUT2D eigenvalue weighted by Crippen LogP contribution is 2.50. The lowest BCUT2D eigenvalue weighted by Crippen LogP contribution is -2.58. The minimum Gasteiger partial charge on any atom is -0.135 e. The van der Waals surface area contributed by atoms with Crippen molar-refractivity contribution in [1.82, 2.24) is 0 Å².